The standard InChI is InChI=1S/C16H24N2O9P2/c1-12(2)5-4-6-13(3)11-16(26-29(24,25)27-28(21,22)23)17-14-7-9-15(10-8-14)18(19)20/h5,7-11,16-17H,4,6H2,1-3H3,(H,24,25)(H2,21,22,23). The lowest BCUT2D eigenvalue weighted by molar-refractivity contribution is -0.384. The van der Waals surface area contributed by atoms with Crippen molar-refractivity contribution in [2.24, 2.45) is 0 Å². The highest BCUT2D eigenvalue weighted by Gasteiger charge is 2.34. The predicted octanol–water partition coefficient (Wildman–Crippen LogP) is 4.25. The zero-order chi connectivity index (χ0) is 22.2. The molecule has 1 aromatic rings. The van der Waals surface area contributed by atoms with Crippen molar-refractivity contribution >= 4 is 27.0 Å². The van der Waals surface area contributed by atoms with Gasteiger partial charge in [-0.3, -0.25) is 14.6 Å². The Morgan fingerprint density at radius 3 is 2.28 bits per heavy atom. The van der Waals surface area contributed by atoms with Crippen LogP contribution in [0.2, 0.25) is 0 Å². The summed E-state index contributed by atoms with van der Waals surface area (Å²) in [6.07, 6.45) is 3.47. The summed E-state index contributed by atoms with van der Waals surface area (Å²) < 4.78 is 31.5. The number of nitrogens with one attached hydrogen (secondary N) is 1. The highest BCUT2D eigenvalue weighted by Crippen LogP contribution is 2.58. The van der Waals surface area contributed by atoms with E-state index in [0.717, 1.165) is 11.1 Å². The van der Waals surface area contributed by atoms with Crippen LogP contribution in [0.25, 0.3) is 0 Å². The Kier molecular flexibility index (Phi) is 9.38. The van der Waals surface area contributed by atoms with Crippen LogP contribution in [-0.4, -0.2) is 25.8 Å². The maximum Gasteiger partial charge on any atom is 0.483 e. The van der Waals surface area contributed by atoms with Crippen molar-refractivity contribution in [1.29, 1.82) is 0 Å². The summed E-state index contributed by atoms with van der Waals surface area (Å²) >= 11 is 0. The third kappa shape index (κ3) is 11.1. The smallest absolute Gasteiger partial charge is 0.356 e. The second kappa shape index (κ2) is 10.8. The Morgan fingerprint density at radius 2 is 1.79 bits per heavy atom. The number of phosphoric ester groups is 1. The van der Waals surface area contributed by atoms with Crippen LogP contribution in [0.4, 0.5) is 11.4 Å². The molecule has 11 nitrogen and oxygen atoms in total. The number of anilines is 1. The average molecular weight is 450 g/mol. The van der Waals surface area contributed by atoms with Crippen LogP contribution in [0.3, 0.4) is 0 Å². The first kappa shape index (κ1) is 25.2. The van der Waals surface area contributed by atoms with E-state index in [2.05, 4.69) is 9.63 Å². The fraction of sp³-hybridized carbons (Fsp3) is 0.375. The van der Waals surface area contributed by atoms with Gasteiger partial charge in [-0.15, -0.1) is 0 Å². The molecule has 2 atom stereocenters. The number of rotatable bonds is 11. The Labute approximate surface area is 168 Å². The van der Waals surface area contributed by atoms with Gasteiger partial charge in [-0.05, 0) is 51.8 Å². The van der Waals surface area contributed by atoms with Gasteiger partial charge in [-0.2, -0.15) is 4.31 Å². The van der Waals surface area contributed by atoms with Gasteiger partial charge in [-0.1, -0.05) is 17.2 Å². The molecule has 29 heavy (non-hydrogen) atoms. The van der Waals surface area contributed by atoms with Crippen molar-refractivity contribution in [3.8, 4) is 0 Å². The molecule has 2 unspecified atom stereocenters. The molecule has 13 heteroatoms. The molecule has 0 heterocycles. The molecule has 0 aliphatic rings. The van der Waals surface area contributed by atoms with E-state index in [-0.39, 0.29) is 5.69 Å². The summed E-state index contributed by atoms with van der Waals surface area (Å²) in [6, 6.07) is 5.14. The van der Waals surface area contributed by atoms with E-state index in [4.69, 9.17) is 14.3 Å². The molecule has 0 saturated heterocycles. The minimum atomic E-state index is -5.28. The molecule has 0 aliphatic heterocycles. The van der Waals surface area contributed by atoms with E-state index in [1.54, 1.807) is 6.92 Å². The quantitative estimate of drug-likeness (QED) is 0.126. The minimum absolute atomic E-state index is 0.154. The van der Waals surface area contributed by atoms with E-state index < -0.39 is 26.8 Å². The predicted molar refractivity (Wildman–Crippen MR) is 107 cm³/mol. The number of hydrogen-bond donors (Lipinski definition) is 4. The first-order chi connectivity index (χ1) is 13.3. The van der Waals surface area contributed by atoms with Crippen LogP contribution in [-0.2, 0) is 18.0 Å². The maximum atomic E-state index is 11.9. The monoisotopic (exact) mass is 450 g/mol. The summed E-state index contributed by atoms with van der Waals surface area (Å²) in [7, 11) is -10.4. The van der Waals surface area contributed by atoms with Gasteiger partial charge >= 0.3 is 15.6 Å². The van der Waals surface area contributed by atoms with Gasteiger partial charge in [0.2, 0.25) is 0 Å². The average Bonchev–Trinajstić information content (AvgIpc) is 2.51. The highest BCUT2D eigenvalue weighted by atomic mass is 31.3. The Hall–Kier alpha value is -1.84. The molecule has 0 bridgehead atoms. The van der Waals surface area contributed by atoms with Crippen molar-refractivity contribution in [2.45, 2.75) is 39.8 Å². The molecule has 0 amide bonds. The molecule has 162 valence electrons. The molecular weight excluding hydrogens is 426 g/mol. The van der Waals surface area contributed by atoms with Gasteiger partial charge < -0.3 is 20.0 Å². The molecule has 0 saturated carbocycles. The van der Waals surface area contributed by atoms with Crippen molar-refractivity contribution in [3.05, 3.63) is 57.7 Å². The lowest BCUT2D eigenvalue weighted by atomic mass is 10.1. The van der Waals surface area contributed by atoms with Crippen molar-refractivity contribution in [3.63, 3.8) is 0 Å². The number of allylic oxidation sites excluding steroid dienone is 3. The number of phosphoric acid groups is 2. The van der Waals surface area contributed by atoms with Crippen molar-refractivity contribution in [1.82, 2.24) is 0 Å². The Morgan fingerprint density at radius 1 is 1.21 bits per heavy atom. The fourth-order valence-electron chi connectivity index (χ4n) is 2.17. The second-order valence-electron chi connectivity index (χ2n) is 6.35. The number of hydrogen-bond acceptors (Lipinski definition) is 7. The van der Waals surface area contributed by atoms with Crippen LogP contribution in [0.5, 0.6) is 0 Å². The van der Waals surface area contributed by atoms with Gasteiger partial charge in [0.1, 0.15) is 0 Å². The number of nitrogens with zero attached hydrogens (tertiary/aromatic N) is 1. The number of nitro benzene ring substituents is 1. The van der Waals surface area contributed by atoms with Crippen LogP contribution in [0.15, 0.2) is 47.6 Å². The third-order valence-electron chi connectivity index (χ3n) is 3.37. The molecule has 0 aliphatic carbocycles. The Balaban J connectivity index is 3.03. The lowest BCUT2D eigenvalue weighted by Crippen LogP contribution is -2.20. The number of nitro groups is 1. The zero-order valence-corrected chi connectivity index (χ0v) is 17.9. The molecule has 1 aromatic carbocycles. The van der Waals surface area contributed by atoms with E-state index in [1.807, 2.05) is 19.9 Å². The summed E-state index contributed by atoms with van der Waals surface area (Å²) in [5, 5.41) is 13.4. The third-order valence-corrected chi connectivity index (χ3v) is 5.54. The fourth-order valence-corrected chi connectivity index (χ4v) is 3.80. The molecule has 0 aromatic heterocycles. The van der Waals surface area contributed by atoms with E-state index in [0.29, 0.717) is 18.5 Å². The van der Waals surface area contributed by atoms with Crippen molar-refractivity contribution in [2.75, 3.05) is 5.32 Å². The highest BCUT2D eigenvalue weighted by molar-refractivity contribution is 7.60. The van der Waals surface area contributed by atoms with Crippen LogP contribution >= 0.6 is 15.6 Å². The lowest BCUT2D eigenvalue weighted by Gasteiger charge is -2.21. The minimum Gasteiger partial charge on any atom is -0.356 e. The largest absolute Gasteiger partial charge is 0.483 e. The Bertz CT molecular complexity index is 858. The van der Waals surface area contributed by atoms with Gasteiger partial charge in [0.05, 0.1) is 4.92 Å². The molecular formula is C16H24N2O9P2. The molecule has 0 spiro atoms. The normalized spacial score (nSPS) is 15.3. The molecule has 0 radical (unpaired) electrons. The number of non-ortho nitro benzene ring substituents is 1. The zero-order valence-electron chi connectivity index (χ0n) is 16.1. The summed E-state index contributed by atoms with van der Waals surface area (Å²) in [5.41, 5.74) is 2.05. The number of benzene rings is 1. The van der Waals surface area contributed by atoms with Crippen LogP contribution < -0.4 is 5.32 Å². The van der Waals surface area contributed by atoms with Gasteiger partial charge in [-0.25, -0.2) is 9.13 Å². The second-order valence-corrected chi connectivity index (χ2v) is 9.13. The summed E-state index contributed by atoms with van der Waals surface area (Å²) in [4.78, 5) is 37.3. The topological polar surface area (TPSA) is 168 Å². The van der Waals surface area contributed by atoms with Crippen LogP contribution in [0.1, 0.15) is 33.6 Å². The maximum absolute atomic E-state index is 11.9. The molecule has 4 N–H and O–H groups in total. The van der Waals surface area contributed by atoms with E-state index in [1.165, 1.54) is 30.3 Å². The SMILES string of the molecule is CC(C)=CCCC(C)=CC(Nc1ccc([N+](=O)[O-])cc1)OP(=O)(O)OP(=O)(O)O. The van der Waals surface area contributed by atoms with E-state index >= 15 is 0 Å². The first-order valence-corrected chi connectivity index (χ1v) is 11.4. The van der Waals surface area contributed by atoms with Crippen LogP contribution in [0, 0.1) is 10.1 Å². The summed E-state index contributed by atoms with van der Waals surface area (Å²) in [5.74, 6) is 0. The van der Waals surface area contributed by atoms with Gasteiger partial charge in [0, 0.05) is 17.8 Å². The van der Waals surface area contributed by atoms with Gasteiger partial charge in [0.25, 0.3) is 5.69 Å². The first-order valence-electron chi connectivity index (χ1n) is 8.37. The molecule has 1 rings (SSSR count). The van der Waals surface area contributed by atoms with E-state index in [9.17, 15) is 24.1 Å². The van der Waals surface area contributed by atoms with Crippen molar-refractivity contribution < 1.29 is 37.6 Å². The molecule has 0 fully saturated rings. The summed E-state index contributed by atoms with van der Waals surface area (Å²) in [6.45, 7) is 5.64. The van der Waals surface area contributed by atoms with Gasteiger partial charge in [0.15, 0.2) is 6.23 Å².